The highest BCUT2D eigenvalue weighted by Gasteiger charge is 2.46. The summed E-state index contributed by atoms with van der Waals surface area (Å²) < 4.78 is 11.2. The third kappa shape index (κ3) is 3.54. The van der Waals surface area contributed by atoms with Gasteiger partial charge in [-0.1, -0.05) is 20.8 Å². The Morgan fingerprint density at radius 1 is 1.50 bits per heavy atom. The number of rotatable bonds is 6. The van der Waals surface area contributed by atoms with E-state index in [-0.39, 0.29) is 12.1 Å². The van der Waals surface area contributed by atoms with Gasteiger partial charge >= 0.3 is 0 Å². The molecular formula is C13H26N2O2S. The lowest BCUT2D eigenvalue weighted by Crippen LogP contribution is -2.44. The molecule has 0 aliphatic carbocycles. The Kier molecular flexibility index (Phi) is 5.34. The lowest BCUT2D eigenvalue weighted by atomic mass is 9.99. The number of nitrogens with zero attached hydrogens (tertiary/aromatic N) is 1. The molecule has 1 heterocycles. The van der Waals surface area contributed by atoms with E-state index in [2.05, 4.69) is 19.2 Å². The second kappa shape index (κ2) is 6.15. The number of carbonyl (C=O) groups is 1. The molecule has 0 radical (unpaired) electrons. The summed E-state index contributed by atoms with van der Waals surface area (Å²) in [5.41, 5.74) is -0.450. The second-order valence-electron chi connectivity index (χ2n) is 5.75. The van der Waals surface area contributed by atoms with Gasteiger partial charge in [0.15, 0.2) is 0 Å². The topological polar surface area (TPSA) is 49.4 Å². The number of nitrogens with one attached hydrogen (secondary N) is 1. The predicted octanol–water partition coefficient (Wildman–Crippen LogP) is 1.34. The zero-order valence-electron chi connectivity index (χ0n) is 12.2. The summed E-state index contributed by atoms with van der Waals surface area (Å²) in [6.45, 7) is 8.89. The van der Waals surface area contributed by atoms with E-state index in [9.17, 15) is 9.00 Å². The highest BCUT2D eigenvalue weighted by molar-refractivity contribution is 7.84. The Morgan fingerprint density at radius 2 is 2.11 bits per heavy atom. The quantitative estimate of drug-likeness (QED) is 0.795. The molecule has 4 nitrogen and oxygen atoms in total. The van der Waals surface area contributed by atoms with E-state index in [0.29, 0.717) is 18.2 Å². The van der Waals surface area contributed by atoms with Gasteiger partial charge in [-0.25, -0.2) is 0 Å². The van der Waals surface area contributed by atoms with Crippen LogP contribution in [0.3, 0.4) is 0 Å². The fourth-order valence-corrected chi connectivity index (χ4v) is 2.79. The summed E-state index contributed by atoms with van der Waals surface area (Å²) in [6.07, 6.45) is 3.50. The van der Waals surface area contributed by atoms with Gasteiger partial charge in [0.05, 0.1) is 11.7 Å². The third-order valence-electron chi connectivity index (χ3n) is 3.62. The lowest BCUT2D eigenvalue weighted by molar-refractivity contribution is -0.132. The van der Waals surface area contributed by atoms with E-state index in [4.69, 9.17) is 0 Å². The molecule has 0 bridgehead atoms. The fraction of sp³-hybridized carbons (Fsp3) is 0.923. The molecule has 3 atom stereocenters. The Bertz CT molecular complexity index is 333. The van der Waals surface area contributed by atoms with Crippen molar-refractivity contribution < 1.29 is 9.00 Å². The highest BCUT2D eigenvalue weighted by atomic mass is 32.2. The van der Waals surface area contributed by atoms with Crippen molar-refractivity contribution in [1.29, 1.82) is 0 Å². The lowest BCUT2D eigenvalue weighted by Gasteiger charge is -2.25. The van der Waals surface area contributed by atoms with Gasteiger partial charge in [0, 0.05) is 29.4 Å². The molecule has 3 unspecified atom stereocenters. The zero-order chi connectivity index (χ0) is 13.9. The van der Waals surface area contributed by atoms with Crippen LogP contribution in [0.5, 0.6) is 0 Å². The van der Waals surface area contributed by atoms with E-state index >= 15 is 0 Å². The van der Waals surface area contributed by atoms with Crippen LogP contribution >= 0.6 is 0 Å². The van der Waals surface area contributed by atoms with Crippen LogP contribution in [0.2, 0.25) is 0 Å². The first-order valence-corrected chi connectivity index (χ1v) is 8.41. The van der Waals surface area contributed by atoms with Crippen LogP contribution in [0.1, 0.15) is 40.5 Å². The van der Waals surface area contributed by atoms with Crippen molar-refractivity contribution in [2.45, 2.75) is 52.2 Å². The summed E-state index contributed by atoms with van der Waals surface area (Å²) in [5, 5.41) is 3.45. The SMILES string of the molecule is CCC1(C)NC(CC(C)C)N(CCS(C)=O)C1=O. The van der Waals surface area contributed by atoms with E-state index in [1.165, 1.54) is 0 Å². The largest absolute Gasteiger partial charge is 0.325 e. The Labute approximate surface area is 113 Å². The maximum atomic E-state index is 12.4. The number of amides is 1. The standard InChI is InChI=1S/C13H26N2O2S/c1-6-13(4)12(16)15(7-8-18(5)17)11(14-13)9-10(2)3/h10-11,14H,6-9H2,1-5H3. The number of carbonyl (C=O) groups excluding carboxylic acids is 1. The molecule has 1 saturated heterocycles. The number of hydrogen-bond donors (Lipinski definition) is 1. The Balaban J connectivity index is 2.79. The first-order valence-electron chi connectivity index (χ1n) is 6.69. The average molecular weight is 274 g/mol. The Hall–Kier alpha value is -0.420. The molecule has 1 aliphatic heterocycles. The monoisotopic (exact) mass is 274 g/mol. The van der Waals surface area contributed by atoms with Crippen LogP contribution in [0.15, 0.2) is 0 Å². The van der Waals surface area contributed by atoms with E-state index in [0.717, 1.165) is 12.8 Å². The third-order valence-corrected chi connectivity index (χ3v) is 4.37. The first kappa shape index (κ1) is 15.6. The fourth-order valence-electron chi connectivity index (χ4n) is 2.34. The van der Waals surface area contributed by atoms with Gasteiger partial charge in [-0.3, -0.25) is 14.3 Å². The minimum absolute atomic E-state index is 0.0889. The van der Waals surface area contributed by atoms with Crippen LogP contribution in [-0.2, 0) is 15.6 Å². The number of hydrogen-bond acceptors (Lipinski definition) is 3. The van der Waals surface area contributed by atoms with E-state index in [1.54, 1.807) is 6.26 Å². The molecule has 1 fully saturated rings. The van der Waals surface area contributed by atoms with Crippen LogP contribution in [0.25, 0.3) is 0 Å². The van der Waals surface area contributed by atoms with Crippen molar-refractivity contribution in [2.24, 2.45) is 5.92 Å². The van der Waals surface area contributed by atoms with Crippen molar-refractivity contribution in [3.05, 3.63) is 0 Å². The van der Waals surface area contributed by atoms with Crippen molar-refractivity contribution in [3.63, 3.8) is 0 Å². The summed E-state index contributed by atoms with van der Waals surface area (Å²) in [4.78, 5) is 14.3. The average Bonchev–Trinajstić information content (AvgIpc) is 2.49. The van der Waals surface area contributed by atoms with Gasteiger partial charge in [0.2, 0.25) is 5.91 Å². The van der Waals surface area contributed by atoms with Crippen LogP contribution < -0.4 is 5.32 Å². The summed E-state index contributed by atoms with van der Waals surface area (Å²) in [5.74, 6) is 1.24. The van der Waals surface area contributed by atoms with Crippen LogP contribution in [0, 0.1) is 5.92 Å². The minimum atomic E-state index is -0.853. The molecule has 5 heteroatoms. The molecule has 1 N–H and O–H groups in total. The normalized spacial score (nSPS) is 30.2. The second-order valence-corrected chi connectivity index (χ2v) is 7.31. The summed E-state index contributed by atoms with van der Waals surface area (Å²) in [6, 6.07) is 0. The van der Waals surface area contributed by atoms with Gasteiger partial charge in [0.25, 0.3) is 0 Å². The van der Waals surface area contributed by atoms with Gasteiger partial charge in [0.1, 0.15) is 0 Å². The van der Waals surface area contributed by atoms with E-state index < -0.39 is 16.3 Å². The highest BCUT2D eigenvalue weighted by Crippen LogP contribution is 2.26. The maximum absolute atomic E-state index is 12.4. The van der Waals surface area contributed by atoms with Gasteiger partial charge in [-0.05, 0) is 25.7 Å². The van der Waals surface area contributed by atoms with Crippen LogP contribution in [-0.4, -0.2) is 45.3 Å². The first-order chi connectivity index (χ1) is 8.30. The molecule has 0 aromatic heterocycles. The molecule has 1 aliphatic rings. The molecule has 0 aromatic carbocycles. The molecule has 0 saturated carbocycles. The Morgan fingerprint density at radius 3 is 2.56 bits per heavy atom. The molecule has 106 valence electrons. The molecule has 0 spiro atoms. The zero-order valence-corrected chi connectivity index (χ0v) is 13.0. The van der Waals surface area contributed by atoms with Gasteiger partial charge < -0.3 is 4.90 Å². The van der Waals surface area contributed by atoms with E-state index in [1.807, 2.05) is 18.7 Å². The molecule has 0 aromatic rings. The van der Waals surface area contributed by atoms with Crippen molar-refractivity contribution in [2.75, 3.05) is 18.6 Å². The van der Waals surface area contributed by atoms with Gasteiger partial charge in [-0.15, -0.1) is 0 Å². The molecular weight excluding hydrogens is 248 g/mol. The predicted molar refractivity (Wildman–Crippen MR) is 75.7 cm³/mol. The van der Waals surface area contributed by atoms with Crippen LogP contribution in [0.4, 0.5) is 0 Å². The van der Waals surface area contributed by atoms with Crippen molar-refractivity contribution in [3.8, 4) is 0 Å². The van der Waals surface area contributed by atoms with Crippen molar-refractivity contribution >= 4 is 16.7 Å². The summed E-state index contributed by atoms with van der Waals surface area (Å²) in [7, 11) is -0.853. The maximum Gasteiger partial charge on any atom is 0.243 e. The molecule has 1 amide bonds. The molecule has 18 heavy (non-hydrogen) atoms. The molecule has 1 rings (SSSR count). The van der Waals surface area contributed by atoms with Gasteiger partial charge in [-0.2, -0.15) is 0 Å². The van der Waals surface area contributed by atoms with Crippen molar-refractivity contribution in [1.82, 2.24) is 10.2 Å². The summed E-state index contributed by atoms with van der Waals surface area (Å²) >= 11 is 0. The smallest absolute Gasteiger partial charge is 0.243 e. The minimum Gasteiger partial charge on any atom is -0.325 e.